The maximum Gasteiger partial charge on any atom is 0.295 e. The molecule has 2 atom stereocenters. The minimum absolute atomic E-state index is 0.0577. The zero-order valence-electron chi connectivity index (χ0n) is 20.4. The third kappa shape index (κ3) is 4.46. The number of aromatic nitrogens is 2. The lowest BCUT2D eigenvalue weighted by Crippen LogP contribution is -2.31. The van der Waals surface area contributed by atoms with Gasteiger partial charge in [-0.1, -0.05) is 12.1 Å². The maximum atomic E-state index is 13.3. The zero-order valence-corrected chi connectivity index (χ0v) is 20.4. The average molecular weight is 488 g/mol. The molecule has 5 rings (SSSR count). The number of likely N-dealkylation sites (tertiary alicyclic amines) is 1. The number of Topliss-reactive ketones (excluding diaryl/α,β-unsaturated/α-hetero) is 1. The van der Waals surface area contributed by atoms with Crippen molar-refractivity contribution < 1.29 is 24.2 Å². The van der Waals surface area contributed by atoms with E-state index in [1.54, 1.807) is 29.6 Å². The van der Waals surface area contributed by atoms with E-state index in [1.807, 2.05) is 54.9 Å². The molecule has 8 heteroatoms. The van der Waals surface area contributed by atoms with Gasteiger partial charge < -0.3 is 24.0 Å². The number of imidazole rings is 1. The van der Waals surface area contributed by atoms with Gasteiger partial charge in [-0.15, -0.1) is 0 Å². The summed E-state index contributed by atoms with van der Waals surface area (Å²) in [5, 5.41) is 11.4. The maximum absolute atomic E-state index is 13.3. The molecule has 0 radical (unpaired) electrons. The Morgan fingerprint density at radius 3 is 2.69 bits per heavy atom. The number of hydrogen-bond donors (Lipinski definition) is 1. The number of carbonyl (C=O) groups excluding carboxylic acids is 2. The Hall–Kier alpha value is -4.07. The quantitative estimate of drug-likeness (QED) is 0.292. The highest BCUT2D eigenvalue weighted by molar-refractivity contribution is 6.46. The highest BCUT2D eigenvalue weighted by atomic mass is 16.5. The fourth-order valence-corrected chi connectivity index (χ4v) is 4.94. The van der Waals surface area contributed by atoms with Crippen LogP contribution >= 0.6 is 0 Å². The molecule has 2 aliphatic rings. The number of benzene rings is 2. The van der Waals surface area contributed by atoms with E-state index in [1.165, 1.54) is 0 Å². The first kappa shape index (κ1) is 23.7. The first-order valence-corrected chi connectivity index (χ1v) is 12.2. The first-order chi connectivity index (χ1) is 17.5. The number of aliphatic hydroxyl groups excluding tert-OH is 1. The van der Waals surface area contributed by atoms with Gasteiger partial charge >= 0.3 is 0 Å². The fourth-order valence-electron chi connectivity index (χ4n) is 4.94. The van der Waals surface area contributed by atoms with Gasteiger partial charge in [0.15, 0.2) is 0 Å². The van der Waals surface area contributed by atoms with E-state index in [4.69, 9.17) is 9.47 Å². The lowest BCUT2D eigenvalue weighted by molar-refractivity contribution is -0.139. The Labute approximate surface area is 209 Å². The van der Waals surface area contributed by atoms with Crippen molar-refractivity contribution in [3.8, 4) is 11.5 Å². The summed E-state index contributed by atoms with van der Waals surface area (Å²) in [7, 11) is 0. The number of aliphatic hydroxyl groups is 1. The van der Waals surface area contributed by atoms with Gasteiger partial charge in [-0.2, -0.15) is 0 Å². The summed E-state index contributed by atoms with van der Waals surface area (Å²) < 4.78 is 13.3. The predicted molar refractivity (Wildman–Crippen MR) is 134 cm³/mol. The summed E-state index contributed by atoms with van der Waals surface area (Å²) in [5.41, 5.74) is 2.30. The van der Waals surface area contributed by atoms with Crippen LogP contribution in [0.1, 0.15) is 43.0 Å². The molecular formula is C28H29N3O5. The Morgan fingerprint density at radius 1 is 1.17 bits per heavy atom. The highest BCUT2D eigenvalue weighted by Gasteiger charge is 2.45. The topological polar surface area (TPSA) is 93.9 Å². The largest absolute Gasteiger partial charge is 0.507 e. The van der Waals surface area contributed by atoms with Crippen LogP contribution in [-0.4, -0.2) is 50.5 Å². The summed E-state index contributed by atoms with van der Waals surface area (Å²) >= 11 is 0. The predicted octanol–water partition coefficient (Wildman–Crippen LogP) is 4.12. The average Bonchev–Trinajstić information content (AvgIpc) is 3.58. The van der Waals surface area contributed by atoms with Gasteiger partial charge in [0.1, 0.15) is 23.4 Å². The van der Waals surface area contributed by atoms with E-state index in [2.05, 4.69) is 4.98 Å². The molecule has 0 saturated carbocycles. The lowest BCUT2D eigenvalue weighted by atomic mass is 9.94. The van der Waals surface area contributed by atoms with Crippen LogP contribution in [0.25, 0.3) is 5.76 Å². The molecule has 1 saturated heterocycles. The Kier molecular flexibility index (Phi) is 6.50. The molecule has 0 aliphatic carbocycles. The van der Waals surface area contributed by atoms with E-state index in [-0.39, 0.29) is 17.4 Å². The third-order valence-electron chi connectivity index (χ3n) is 6.59. The van der Waals surface area contributed by atoms with E-state index < -0.39 is 17.7 Å². The van der Waals surface area contributed by atoms with Crippen molar-refractivity contribution in [3.63, 3.8) is 0 Å². The molecule has 2 aliphatic heterocycles. The molecule has 2 aromatic carbocycles. The smallest absolute Gasteiger partial charge is 0.295 e. The molecule has 8 nitrogen and oxygen atoms in total. The molecule has 0 spiro atoms. The zero-order chi connectivity index (χ0) is 25.2. The minimum atomic E-state index is -0.702. The lowest BCUT2D eigenvalue weighted by Gasteiger charge is -2.25. The fraction of sp³-hybridized carbons (Fsp3) is 0.321. The minimum Gasteiger partial charge on any atom is -0.507 e. The number of amides is 1. The Morgan fingerprint density at radius 2 is 1.97 bits per heavy atom. The van der Waals surface area contributed by atoms with Crippen molar-refractivity contribution in [1.82, 2.24) is 14.5 Å². The van der Waals surface area contributed by atoms with Gasteiger partial charge in [0.25, 0.3) is 11.7 Å². The van der Waals surface area contributed by atoms with Gasteiger partial charge in [-0.25, -0.2) is 4.98 Å². The van der Waals surface area contributed by atoms with Crippen LogP contribution in [0.3, 0.4) is 0 Å². The first-order valence-electron chi connectivity index (χ1n) is 12.2. The van der Waals surface area contributed by atoms with Gasteiger partial charge in [0.05, 0.1) is 24.5 Å². The standard InChI is InChI=1S/C28H29N3O5/c1-3-35-22-8-5-19(6-9-22)25-24(26(32)20-7-10-23-21(16-20)15-18(2)36-23)27(33)28(34)31(25)13-4-12-30-14-11-29-17-30/h5-11,14,16-18,25,32H,3-4,12-13,15H2,1-2H3/b26-24+/t18-,25-/m0/s1. The molecular weight excluding hydrogens is 458 g/mol. The monoisotopic (exact) mass is 487 g/mol. The molecule has 186 valence electrons. The summed E-state index contributed by atoms with van der Waals surface area (Å²) in [6, 6.07) is 12.0. The molecule has 3 aromatic rings. The summed E-state index contributed by atoms with van der Waals surface area (Å²) in [4.78, 5) is 32.1. The van der Waals surface area contributed by atoms with Crippen LogP contribution < -0.4 is 9.47 Å². The van der Waals surface area contributed by atoms with Crippen molar-refractivity contribution in [2.75, 3.05) is 13.2 Å². The second kappa shape index (κ2) is 9.89. The second-order valence-electron chi connectivity index (χ2n) is 9.10. The summed E-state index contributed by atoms with van der Waals surface area (Å²) in [6.45, 7) is 5.44. The number of aryl methyl sites for hydroxylation is 1. The third-order valence-corrected chi connectivity index (χ3v) is 6.59. The number of carbonyl (C=O) groups is 2. The van der Waals surface area contributed by atoms with Crippen molar-refractivity contribution in [2.24, 2.45) is 0 Å². The van der Waals surface area contributed by atoms with Crippen molar-refractivity contribution in [2.45, 2.75) is 45.4 Å². The van der Waals surface area contributed by atoms with Crippen LogP contribution in [-0.2, 0) is 22.6 Å². The summed E-state index contributed by atoms with van der Waals surface area (Å²) in [5.74, 6) is 0.0122. The highest BCUT2D eigenvalue weighted by Crippen LogP contribution is 2.41. The molecule has 0 unspecified atom stereocenters. The van der Waals surface area contributed by atoms with E-state index in [0.717, 1.165) is 23.3 Å². The number of rotatable bonds is 8. The van der Waals surface area contributed by atoms with Crippen molar-refractivity contribution >= 4 is 17.4 Å². The molecule has 1 aromatic heterocycles. The SMILES string of the molecule is CCOc1ccc([C@H]2/C(=C(\O)c3ccc4c(c3)C[C@H](C)O4)C(=O)C(=O)N2CCCn2ccnc2)cc1. The molecule has 3 heterocycles. The normalized spacial score (nSPS) is 20.4. The van der Waals surface area contributed by atoms with Crippen molar-refractivity contribution in [3.05, 3.63) is 83.4 Å². The molecule has 36 heavy (non-hydrogen) atoms. The number of nitrogens with zero attached hydrogens (tertiary/aromatic N) is 3. The number of ether oxygens (including phenoxy) is 2. The molecule has 1 amide bonds. The van der Waals surface area contributed by atoms with E-state index in [0.29, 0.717) is 37.4 Å². The van der Waals surface area contributed by atoms with Gasteiger partial charge in [-0.05, 0) is 61.7 Å². The van der Waals surface area contributed by atoms with Crippen LogP contribution in [0, 0.1) is 0 Å². The van der Waals surface area contributed by atoms with Gasteiger partial charge in [-0.3, -0.25) is 9.59 Å². The summed E-state index contributed by atoms with van der Waals surface area (Å²) in [6.07, 6.45) is 6.69. The Balaban J connectivity index is 1.52. The molecule has 1 N–H and O–H groups in total. The van der Waals surface area contributed by atoms with E-state index in [9.17, 15) is 14.7 Å². The Bertz CT molecular complexity index is 1300. The van der Waals surface area contributed by atoms with Crippen LogP contribution in [0.5, 0.6) is 11.5 Å². The second-order valence-corrected chi connectivity index (χ2v) is 9.10. The number of ketones is 1. The molecule has 0 bridgehead atoms. The number of hydrogen-bond acceptors (Lipinski definition) is 6. The van der Waals surface area contributed by atoms with Gasteiger partial charge in [0.2, 0.25) is 0 Å². The van der Waals surface area contributed by atoms with Gasteiger partial charge in [0, 0.05) is 37.5 Å². The number of fused-ring (bicyclic) bond motifs is 1. The van der Waals surface area contributed by atoms with Crippen LogP contribution in [0.4, 0.5) is 0 Å². The molecule has 1 fully saturated rings. The van der Waals surface area contributed by atoms with Crippen LogP contribution in [0.2, 0.25) is 0 Å². The van der Waals surface area contributed by atoms with Crippen LogP contribution in [0.15, 0.2) is 66.8 Å². The van der Waals surface area contributed by atoms with Crippen molar-refractivity contribution in [1.29, 1.82) is 0 Å². The van der Waals surface area contributed by atoms with E-state index >= 15 is 0 Å².